The Morgan fingerprint density at radius 3 is 2.50 bits per heavy atom. The Morgan fingerprint density at radius 2 is 2.08 bits per heavy atom. The molecule has 0 heterocycles. The van der Waals surface area contributed by atoms with Crippen LogP contribution in [0, 0.1) is 5.92 Å². The summed E-state index contributed by atoms with van der Waals surface area (Å²) in [5.41, 5.74) is 0. The highest BCUT2D eigenvalue weighted by atomic mass is 16.3. The van der Waals surface area contributed by atoms with Gasteiger partial charge in [-0.1, -0.05) is 0 Å². The molecule has 0 aliphatic heterocycles. The molecule has 0 amide bonds. The second-order valence-corrected chi connectivity index (χ2v) is 4.11. The van der Waals surface area contributed by atoms with Crippen LogP contribution in [0.1, 0.15) is 33.1 Å². The van der Waals surface area contributed by atoms with Crippen LogP contribution < -0.4 is 0 Å². The quantitative estimate of drug-likeness (QED) is 0.654. The molecule has 1 rings (SSSR count). The predicted molar refractivity (Wildman–Crippen MR) is 51.1 cm³/mol. The van der Waals surface area contributed by atoms with Gasteiger partial charge in [-0.05, 0) is 39.0 Å². The summed E-state index contributed by atoms with van der Waals surface area (Å²) < 4.78 is 0. The molecule has 12 heavy (non-hydrogen) atoms. The van der Waals surface area contributed by atoms with Gasteiger partial charge in [-0.15, -0.1) is 0 Å². The zero-order valence-corrected chi connectivity index (χ0v) is 8.29. The normalized spacial score (nSPS) is 17.8. The van der Waals surface area contributed by atoms with Crippen molar-refractivity contribution in [3.63, 3.8) is 0 Å². The molecular weight excluding hydrogens is 150 g/mol. The first kappa shape index (κ1) is 10.0. The molecule has 0 saturated heterocycles. The van der Waals surface area contributed by atoms with Crippen molar-refractivity contribution in [2.24, 2.45) is 5.92 Å². The first-order valence-electron chi connectivity index (χ1n) is 5.09. The molecule has 0 unspecified atom stereocenters. The third kappa shape index (κ3) is 3.55. The Labute approximate surface area is 75.6 Å². The van der Waals surface area contributed by atoms with Crippen molar-refractivity contribution >= 4 is 0 Å². The van der Waals surface area contributed by atoms with E-state index in [9.17, 15) is 0 Å². The van der Waals surface area contributed by atoms with Crippen molar-refractivity contribution in [1.29, 1.82) is 0 Å². The van der Waals surface area contributed by atoms with Crippen molar-refractivity contribution < 1.29 is 5.11 Å². The number of aliphatic hydroxyl groups excluding tert-OH is 1. The van der Waals surface area contributed by atoms with E-state index in [-0.39, 0.29) is 0 Å². The molecule has 0 aromatic rings. The molecule has 0 radical (unpaired) electrons. The molecule has 1 N–H and O–H groups in total. The van der Waals surface area contributed by atoms with Crippen LogP contribution in [0.5, 0.6) is 0 Å². The lowest BCUT2D eigenvalue weighted by molar-refractivity contribution is 0.185. The smallest absolute Gasteiger partial charge is 0.0443 e. The van der Waals surface area contributed by atoms with Crippen LogP contribution in [0.15, 0.2) is 0 Å². The largest absolute Gasteiger partial charge is 0.396 e. The third-order valence-corrected chi connectivity index (χ3v) is 2.52. The zero-order chi connectivity index (χ0) is 8.97. The Balaban J connectivity index is 2.16. The Bertz CT molecular complexity index is 121. The number of hydrogen-bond acceptors (Lipinski definition) is 2. The van der Waals surface area contributed by atoms with E-state index in [0.717, 1.165) is 18.9 Å². The summed E-state index contributed by atoms with van der Waals surface area (Å²) in [7, 11) is 0. The van der Waals surface area contributed by atoms with Crippen LogP contribution in [-0.2, 0) is 0 Å². The molecule has 1 fully saturated rings. The van der Waals surface area contributed by atoms with Crippen molar-refractivity contribution in [3.8, 4) is 0 Å². The lowest BCUT2D eigenvalue weighted by atomic mass is 10.2. The van der Waals surface area contributed by atoms with Crippen LogP contribution >= 0.6 is 0 Å². The van der Waals surface area contributed by atoms with Gasteiger partial charge in [-0.3, -0.25) is 0 Å². The first-order chi connectivity index (χ1) is 5.74. The van der Waals surface area contributed by atoms with E-state index < -0.39 is 0 Å². The van der Waals surface area contributed by atoms with E-state index >= 15 is 0 Å². The summed E-state index contributed by atoms with van der Waals surface area (Å²) in [6.45, 7) is 7.11. The fourth-order valence-electron chi connectivity index (χ4n) is 1.47. The minimum Gasteiger partial charge on any atom is -0.396 e. The van der Waals surface area contributed by atoms with E-state index in [1.54, 1.807) is 0 Å². The molecule has 0 spiro atoms. The predicted octanol–water partition coefficient (Wildman–Crippen LogP) is 1.49. The van der Waals surface area contributed by atoms with Gasteiger partial charge in [0.1, 0.15) is 0 Å². The molecule has 72 valence electrons. The molecular formula is C10H21NO. The van der Waals surface area contributed by atoms with Crippen LogP contribution in [0.25, 0.3) is 0 Å². The summed E-state index contributed by atoms with van der Waals surface area (Å²) in [4.78, 5) is 2.48. The minimum absolute atomic E-state index is 0.327. The topological polar surface area (TPSA) is 23.5 Å². The van der Waals surface area contributed by atoms with E-state index in [1.165, 1.54) is 19.4 Å². The highest BCUT2D eigenvalue weighted by Crippen LogP contribution is 2.30. The maximum Gasteiger partial charge on any atom is 0.0443 e. The van der Waals surface area contributed by atoms with Gasteiger partial charge in [-0.2, -0.15) is 0 Å². The Hall–Kier alpha value is -0.0800. The summed E-state index contributed by atoms with van der Waals surface area (Å²) in [6, 6.07) is 0.636. The molecule has 1 saturated carbocycles. The number of rotatable bonds is 6. The minimum atomic E-state index is 0.327. The van der Waals surface area contributed by atoms with Gasteiger partial charge < -0.3 is 10.0 Å². The van der Waals surface area contributed by atoms with Crippen molar-refractivity contribution in [2.45, 2.75) is 39.2 Å². The van der Waals surface area contributed by atoms with Gasteiger partial charge in [0.15, 0.2) is 0 Å². The molecule has 0 aromatic heterocycles. The number of aliphatic hydroxyl groups is 1. The van der Waals surface area contributed by atoms with E-state index in [4.69, 9.17) is 5.11 Å². The van der Waals surface area contributed by atoms with Gasteiger partial charge in [0.25, 0.3) is 0 Å². The van der Waals surface area contributed by atoms with Crippen molar-refractivity contribution in [1.82, 2.24) is 4.90 Å². The van der Waals surface area contributed by atoms with Crippen LogP contribution in [-0.4, -0.2) is 35.7 Å². The summed E-state index contributed by atoms with van der Waals surface area (Å²) in [6.07, 6.45) is 3.76. The fraction of sp³-hybridized carbons (Fsp3) is 1.00. The van der Waals surface area contributed by atoms with Crippen LogP contribution in [0.3, 0.4) is 0 Å². The van der Waals surface area contributed by atoms with Gasteiger partial charge in [0.2, 0.25) is 0 Å². The van der Waals surface area contributed by atoms with Crippen molar-refractivity contribution in [2.75, 3.05) is 19.7 Å². The fourth-order valence-corrected chi connectivity index (χ4v) is 1.47. The number of hydrogen-bond donors (Lipinski definition) is 1. The highest BCUT2D eigenvalue weighted by molar-refractivity contribution is 4.78. The Kier molecular flexibility index (Phi) is 4.02. The lowest BCUT2D eigenvalue weighted by Gasteiger charge is -2.25. The maximum atomic E-state index is 8.72. The van der Waals surface area contributed by atoms with Gasteiger partial charge in [0, 0.05) is 25.7 Å². The van der Waals surface area contributed by atoms with Gasteiger partial charge in [-0.25, -0.2) is 0 Å². The average Bonchev–Trinajstić information content (AvgIpc) is 2.80. The molecule has 0 aromatic carbocycles. The molecule has 0 bridgehead atoms. The molecule has 1 aliphatic carbocycles. The zero-order valence-electron chi connectivity index (χ0n) is 8.29. The molecule has 0 atom stereocenters. The second-order valence-electron chi connectivity index (χ2n) is 4.11. The summed E-state index contributed by atoms with van der Waals surface area (Å²) in [5, 5.41) is 8.72. The maximum absolute atomic E-state index is 8.72. The SMILES string of the molecule is CC(C)N(CCCO)CC1CC1. The van der Waals surface area contributed by atoms with E-state index in [2.05, 4.69) is 18.7 Å². The second kappa shape index (κ2) is 4.83. The van der Waals surface area contributed by atoms with E-state index in [1.807, 2.05) is 0 Å². The van der Waals surface area contributed by atoms with Crippen molar-refractivity contribution in [3.05, 3.63) is 0 Å². The van der Waals surface area contributed by atoms with Gasteiger partial charge in [0.05, 0.1) is 0 Å². The molecule has 2 heteroatoms. The van der Waals surface area contributed by atoms with E-state index in [0.29, 0.717) is 12.6 Å². The Morgan fingerprint density at radius 1 is 1.42 bits per heavy atom. The third-order valence-electron chi connectivity index (χ3n) is 2.52. The summed E-state index contributed by atoms with van der Waals surface area (Å²) >= 11 is 0. The highest BCUT2D eigenvalue weighted by Gasteiger charge is 2.24. The monoisotopic (exact) mass is 171 g/mol. The lowest BCUT2D eigenvalue weighted by Crippen LogP contribution is -2.34. The van der Waals surface area contributed by atoms with Crippen LogP contribution in [0.4, 0.5) is 0 Å². The molecule has 1 aliphatic rings. The van der Waals surface area contributed by atoms with Gasteiger partial charge >= 0.3 is 0 Å². The molecule has 2 nitrogen and oxygen atoms in total. The first-order valence-corrected chi connectivity index (χ1v) is 5.09. The van der Waals surface area contributed by atoms with Crippen LogP contribution in [0.2, 0.25) is 0 Å². The summed E-state index contributed by atoms with van der Waals surface area (Å²) in [5.74, 6) is 0.964. The standard InChI is InChI=1S/C10H21NO/c1-9(2)11(6-3-7-12)8-10-4-5-10/h9-10,12H,3-8H2,1-2H3. The number of nitrogens with zero attached hydrogens (tertiary/aromatic N) is 1. The average molecular weight is 171 g/mol.